The summed E-state index contributed by atoms with van der Waals surface area (Å²) >= 11 is 5.55. The summed E-state index contributed by atoms with van der Waals surface area (Å²) < 4.78 is 61.0. The summed E-state index contributed by atoms with van der Waals surface area (Å²) in [5, 5.41) is 14.7. The molecule has 0 fully saturated rings. The van der Waals surface area contributed by atoms with Crippen molar-refractivity contribution in [1.29, 1.82) is 0 Å². The summed E-state index contributed by atoms with van der Waals surface area (Å²) in [7, 11) is 0. The molecule has 0 unspecified atom stereocenters. The van der Waals surface area contributed by atoms with Gasteiger partial charge in [0.25, 0.3) is 11.8 Å². The van der Waals surface area contributed by atoms with E-state index in [2.05, 4.69) is 10.6 Å². The molecule has 0 aliphatic heterocycles. The van der Waals surface area contributed by atoms with Crippen LogP contribution in [0.25, 0.3) is 0 Å². The second-order valence-corrected chi connectivity index (χ2v) is 7.18. The number of hydrogen-bond donors (Lipinski definition) is 3. The van der Waals surface area contributed by atoms with Gasteiger partial charge in [0.2, 0.25) is 0 Å². The third-order valence-corrected chi connectivity index (χ3v) is 4.45. The van der Waals surface area contributed by atoms with Gasteiger partial charge in [0.1, 0.15) is 17.3 Å². The molecule has 1 atom stereocenters. The smallest absolute Gasteiger partial charge is 0.416 e. The van der Waals surface area contributed by atoms with Gasteiger partial charge < -0.3 is 25.2 Å². The second-order valence-electron chi connectivity index (χ2n) is 6.77. The zero-order chi connectivity index (χ0) is 24.4. The fourth-order valence-electron chi connectivity index (χ4n) is 2.42. The lowest BCUT2D eigenvalue weighted by Gasteiger charge is -2.13. The van der Waals surface area contributed by atoms with Crippen molar-refractivity contribution in [3.63, 3.8) is 0 Å². The van der Waals surface area contributed by atoms with E-state index in [4.69, 9.17) is 21.1 Å². The van der Waals surface area contributed by atoms with E-state index in [1.54, 1.807) is 0 Å². The van der Waals surface area contributed by atoms with Crippen LogP contribution in [-0.2, 0) is 15.8 Å². The largest absolute Gasteiger partial charge is 0.484 e. The van der Waals surface area contributed by atoms with Crippen molar-refractivity contribution in [2.45, 2.75) is 18.7 Å². The van der Waals surface area contributed by atoms with E-state index in [0.29, 0.717) is 0 Å². The first-order valence-corrected chi connectivity index (χ1v) is 10.0. The minimum Gasteiger partial charge on any atom is -0.484 e. The molecular weight excluding hydrogens is 472 g/mol. The number of benzene rings is 2. The summed E-state index contributed by atoms with van der Waals surface area (Å²) in [6, 6.07) is 7.63. The Morgan fingerprint density at radius 2 is 1.55 bits per heavy atom. The van der Waals surface area contributed by atoms with E-state index in [9.17, 15) is 32.3 Å². The zero-order valence-electron chi connectivity index (χ0n) is 17.1. The van der Waals surface area contributed by atoms with Crippen molar-refractivity contribution >= 4 is 23.4 Å². The summed E-state index contributed by atoms with van der Waals surface area (Å²) in [5.41, 5.74) is -0.828. The van der Waals surface area contributed by atoms with Gasteiger partial charge in [-0.15, -0.1) is 0 Å². The first-order chi connectivity index (χ1) is 15.5. The fraction of sp³-hybridized carbons (Fsp3) is 0.333. The molecule has 0 aliphatic carbocycles. The molecule has 2 amide bonds. The molecule has 180 valence electrons. The quantitative estimate of drug-likeness (QED) is 0.419. The maximum Gasteiger partial charge on any atom is 0.416 e. The van der Waals surface area contributed by atoms with E-state index in [-0.39, 0.29) is 36.0 Å². The third-order valence-electron chi connectivity index (χ3n) is 4.15. The molecule has 2 rings (SSSR count). The molecule has 7 nitrogen and oxygen atoms in total. The van der Waals surface area contributed by atoms with Crippen LogP contribution in [0.5, 0.6) is 11.5 Å². The Bertz CT molecular complexity index is 941. The minimum absolute atomic E-state index is 0.0758. The van der Waals surface area contributed by atoms with Crippen molar-refractivity contribution < 1.29 is 41.7 Å². The lowest BCUT2D eigenvalue weighted by molar-refractivity contribution is -0.137. The van der Waals surface area contributed by atoms with Gasteiger partial charge in [0, 0.05) is 19.2 Å². The topological polar surface area (TPSA) is 96.9 Å². The van der Waals surface area contributed by atoms with Crippen LogP contribution in [-0.4, -0.2) is 49.3 Å². The van der Waals surface area contributed by atoms with Crippen LogP contribution >= 0.6 is 11.6 Å². The second kappa shape index (κ2) is 12.3. The number of rotatable bonds is 11. The van der Waals surface area contributed by atoms with Gasteiger partial charge in [-0.2, -0.15) is 13.2 Å². The standard InChI is InChI=1S/C21H21ClF4N2O5/c22-17-6-5-16(9-18(17)23)33-12-20(31)28-10-14(29)7-8-27-19(30)11-32-15-3-1-13(2-4-15)21(24,25)26/h1-6,9,14,29H,7-8,10-12H2,(H,27,30)(H,28,31)/t14-/m0/s1. The number of aliphatic hydroxyl groups excluding tert-OH is 1. The van der Waals surface area contributed by atoms with Gasteiger partial charge in [0.05, 0.1) is 16.7 Å². The van der Waals surface area contributed by atoms with Crippen molar-refractivity contribution in [1.82, 2.24) is 10.6 Å². The van der Waals surface area contributed by atoms with Gasteiger partial charge in [0.15, 0.2) is 13.2 Å². The molecule has 33 heavy (non-hydrogen) atoms. The number of amides is 2. The minimum atomic E-state index is -4.46. The van der Waals surface area contributed by atoms with E-state index in [1.807, 2.05) is 0 Å². The summed E-state index contributed by atoms with van der Waals surface area (Å²) in [6.07, 6.45) is -5.30. The SMILES string of the molecule is O=C(COc1ccc(C(F)(F)F)cc1)NCC[C@H](O)CNC(=O)COc1ccc(Cl)c(F)c1. The predicted octanol–water partition coefficient (Wildman–Crippen LogP) is 2.94. The molecule has 0 aromatic heterocycles. The summed E-state index contributed by atoms with van der Waals surface area (Å²) in [5.74, 6) is -1.54. The lowest BCUT2D eigenvalue weighted by Crippen LogP contribution is -2.37. The number of carbonyl (C=O) groups excluding carboxylic acids is 2. The average Bonchev–Trinajstić information content (AvgIpc) is 2.76. The number of carbonyl (C=O) groups is 2. The Labute approximate surface area is 191 Å². The summed E-state index contributed by atoms with van der Waals surface area (Å²) in [6.45, 7) is -0.839. The molecule has 2 aromatic carbocycles. The van der Waals surface area contributed by atoms with E-state index in [1.165, 1.54) is 12.1 Å². The highest BCUT2D eigenvalue weighted by molar-refractivity contribution is 6.30. The van der Waals surface area contributed by atoms with Crippen LogP contribution in [0.3, 0.4) is 0 Å². The predicted molar refractivity (Wildman–Crippen MR) is 110 cm³/mol. The third kappa shape index (κ3) is 9.54. The maximum atomic E-state index is 13.3. The number of hydrogen-bond acceptors (Lipinski definition) is 5. The number of halogens is 5. The van der Waals surface area contributed by atoms with Gasteiger partial charge in [-0.3, -0.25) is 9.59 Å². The van der Waals surface area contributed by atoms with E-state index < -0.39 is 48.7 Å². The van der Waals surface area contributed by atoms with Crippen LogP contribution in [0.15, 0.2) is 42.5 Å². The highest BCUT2D eigenvalue weighted by atomic mass is 35.5. The van der Waals surface area contributed by atoms with Crippen LogP contribution in [0.4, 0.5) is 17.6 Å². The Morgan fingerprint density at radius 3 is 2.15 bits per heavy atom. The van der Waals surface area contributed by atoms with Crippen molar-refractivity contribution in [2.24, 2.45) is 0 Å². The maximum absolute atomic E-state index is 13.3. The van der Waals surface area contributed by atoms with Crippen molar-refractivity contribution in [2.75, 3.05) is 26.3 Å². The Morgan fingerprint density at radius 1 is 0.970 bits per heavy atom. The zero-order valence-corrected chi connectivity index (χ0v) is 17.9. The number of aliphatic hydroxyl groups is 1. The van der Waals surface area contributed by atoms with Gasteiger partial charge >= 0.3 is 6.18 Å². The normalized spacial score (nSPS) is 12.1. The van der Waals surface area contributed by atoms with Crippen molar-refractivity contribution in [3.05, 3.63) is 58.9 Å². The van der Waals surface area contributed by atoms with E-state index in [0.717, 1.165) is 30.3 Å². The lowest BCUT2D eigenvalue weighted by atomic mass is 10.2. The molecule has 3 N–H and O–H groups in total. The Balaban J connectivity index is 1.58. The fourth-order valence-corrected chi connectivity index (χ4v) is 2.54. The Hall–Kier alpha value is -3.05. The first-order valence-electron chi connectivity index (χ1n) is 9.64. The number of nitrogens with one attached hydrogen (secondary N) is 2. The van der Waals surface area contributed by atoms with Crippen LogP contribution < -0.4 is 20.1 Å². The first kappa shape index (κ1) is 26.2. The molecule has 0 radical (unpaired) electrons. The van der Waals surface area contributed by atoms with Crippen LogP contribution in [0.2, 0.25) is 5.02 Å². The molecule has 12 heteroatoms. The highest BCUT2D eigenvalue weighted by Crippen LogP contribution is 2.30. The molecular formula is C21H21ClF4N2O5. The highest BCUT2D eigenvalue weighted by Gasteiger charge is 2.30. The van der Waals surface area contributed by atoms with Gasteiger partial charge in [-0.1, -0.05) is 11.6 Å². The number of alkyl halides is 3. The van der Waals surface area contributed by atoms with Crippen LogP contribution in [0, 0.1) is 5.82 Å². The number of ether oxygens (including phenoxy) is 2. The van der Waals surface area contributed by atoms with Crippen molar-refractivity contribution in [3.8, 4) is 11.5 Å². The summed E-state index contributed by atoms with van der Waals surface area (Å²) in [4.78, 5) is 23.5. The van der Waals surface area contributed by atoms with Gasteiger partial charge in [-0.05, 0) is 42.8 Å². The molecule has 0 saturated heterocycles. The van der Waals surface area contributed by atoms with Crippen LogP contribution in [0.1, 0.15) is 12.0 Å². The average molecular weight is 493 g/mol. The molecule has 2 aromatic rings. The van der Waals surface area contributed by atoms with E-state index >= 15 is 0 Å². The molecule has 0 spiro atoms. The molecule has 0 saturated carbocycles. The Kier molecular flexibility index (Phi) is 9.74. The molecule has 0 bridgehead atoms. The monoisotopic (exact) mass is 492 g/mol. The molecule has 0 heterocycles. The van der Waals surface area contributed by atoms with Gasteiger partial charge in [-0.25, -0.2) is 4.39 Å². The molecule has 0 aliphatic rings.